The molecule has 0 saturated heterocycles. The molecule has 1 aromatic heterocycles. The summed E-state index contributed by atoms with van der Waals surface area (Å²) < 4.78 is 10.7. The molecule has 0 aliphatic rings. The zero-order chi connectivity index (χ0) is 13.5. The third-order valence-corrected chi connectivity index (χ3v) is 4.14. The molecule has 0 saturated carbocycles. The van der Waals surface area contributed by atoms with Crippen LogP contribution in [0, 0.1) is 22.7 Å². The Balaban J connectivity index is 3.23. The van der Waals surface area contributed by atoms with Crippen molar-refractivity contribution in [1.29, 1.82) is 10.5 Å². The van der Waals surface area contributed by atoms with Gasteiger partial charge in [-0.05, 0) is 13.2 Å². The first-order chi connectivity index (χ1) is 8.69. The maximum Gasteiger partial charge on any atom is 0.352 e. The molecular weight excluding hydrogens is 272 g/mol. The number of carbonyl (C=O) groups is 1. The quantitative estimate of drug-likeness (QED) is 0.609. The van der Waals surface area contributed by atoms with Crippen molar-refractivity contribution in [3.05, 3.63) is 10.4 Å². The molecular formula is C11H10N2O3S2. The second kappa shape index (κ2) is 6.90. The van der Waals surface area contributed by atoms with E-state index in [4.69, 9.17) is 20.0 Å². The molecule has 0 amide bonds. The topological polar surface area (TPSA) is 83.1 Å². The molecule has 0 aromatic carbocycles. The summed E-state index contributed by atoms with van der Waals surface area (Å²) in [6, 6.07) is 3.80. The summed E-state index contributed by atoms with van der Waals surface area (Å²) in [6.07, 6.45) is 1.80. The Morgan fingerprint density at radius 3 is 2.72 bits per heavy atom. The highest BCUT2D eigenvalue weighted by molar-refractivity contribution is 8.00. The van der Waals surface area contributed by atoms with Crippen molar-refractivity contribution in [1.82, 2.24) is 0 Å². The van der Waals surface area contributed by atoms with E-state index < -0.39 is 5.97 Å². The molecule has 0 atom stereocenters. The molecule has 0 N–H and O–H groups in total. The standard InChI is InChI=1S/C11H10N2O3S2/c1-3-15-10(14)9-8(16-5-4-12)7(6-13)11(17-2)18-9/h3,5H2,1-2H3. The number of rotatable bonds is 5. The molecule has 0 bridgehead atoms. The van der Waals surface area contributed by atoms with Gasteiger partial charge in [-0.3, -0.25) is 0 Å². The largest absolute Gasteiger partial charge is 0.476 e. The number of hydrogen-bond donors (Lipinski definition) is 0. The number of ether oxygens (including phenoxy) is 2. The van der Waals surface area contributed by atoms with Crippen molar-refractivity contribution in [2.45, 2.75) is 11.1 Å². The van der Waals surface area contributed by atoms with Crippen LogP contribution in [0.4, 0.5) is 0 Å². The minimum atomic E-state index is -0.535. The van der Waals surface area contributed by atoms with Gasteiger partial charge in [0.05, 0.1) is 10.8 Å². The normalized spacial score (nSPS) is 9.33. The number of thiophene rings is 1. The average molecular weight is 282 g/mol. The number of nitriles is 2. The molecule has 0 radical (unpaired) electrons. The number of nitrogens with zero attached hydrogens (tertiary/aromatic N) is 2. The first-order valence-electron chi connectivity index (χ1n) is 4.97. The smallest absolute Gasteiger partial charge is 0.352 e. The average Bonchev–Trinajstić information content (AvgIpc) is 2.74. The molecule has 1 rings (SSSR count). The zero-order valence-electron chi connectivity index (χ0n) is 9.85. The lowest BCUT2D eigenvalue weighted by Crippen LogP contribution is -2.05. The highest BCUT2D eigenvalue weighted by Gasteiger charge is 2.25. The summed E-state index contributed by atoms with van der Waals surface area (Å²) in [5.41, 5.74) is 0.283. The molecule has 0 spiro atoms. The Hall–Kier alpha value is -1.70. The van der Waals surface area contributed by atoms with Crippen LogP contribution in [0.3, 0.4) is 0 Å². The monoisotopic (exact) mass is 282 g/mol. The zero-order valence-corrected chi connectivity index (χ0v) is 11.5. The van der Waals surface area contributed by atoms with E-state index in [0.29, 0.717) is 4.21 Å². The molecule has 94 valence electrons. The van der Waals surface area contributed by atoms with E-state index in [1.165, 1.54) is 11.8 Å². The summed E-state index contributed by atoms with van der Waals surface area (Å²) in [5, 5.41) is 17.6. The SMILES string of the molecule is CCOC(=O)c1sc(SC)c(C#N)c1OCC#N. The highest BCUT2D eigenvalue weighted by atomic mass is 32.2. The van der Waals surface area contributed by atoms with Crippen LogP contribution in [0.15, 0.2) is 4.21 Å². The van der Waals surface area contributed by atoms with Gasteiger partial charge in [-0.1, -0.05) is 0 Å². The second-order valence-electron chi connectivity index (χ2n) is 2.91. The predicted octanol–water partition coefficient (Wildman–Crippen LogP) is 2.42. The van der Waals surface area contributed by atoms with Crippen LogP contribution in [-0.4, -0.2) is 25.4 Å². The maximum absolute atomic E-state index is 11.7. The molecule has 5 nitrogen and oxygen atoms in total. The fourth-order valence-electron chi connectivity index (χ4n) is 1.21. The van der Waals surface area contributed by atoms with E-state index in [1.807, 2.05) is 6.07 Å². The molecule has 7 heteroatoms. The van der Waals surface area contributed by atoms with Crippen molar-refractivity contribution >= 4 is 29.1 Å². The van der Waals surface area contributed by atoms with Crippen molar-refractivity contribution in [3.8, 4) is 17.9 Å². The maximum atomic E-state index is 11.7. The predicted molar refractivity (Wildman–Crippen MR) is 67.9 cm³/mol. The Kier molecular flexibility index (Phi) is 5.50. The van der Waals surface area contributed by atoms with Gasteiger partial charge in [0.2, 0.25) is 0 Å². The summed E-state index contributed by atoms with van der Waals surface area (Å²) in [4.78, 5) is 12.0. The lowest BCUT2D eigenvalue weighted by molar-refractivity contribution is 0.0528. The summed E-state index contributed by atoms with van der Waals surface area (Å²) in [7, 11) is 0. The van der Waals surface area contributed by atoms with E-state index in [9.17, 15) is 4.79 Å². The summed E-state index contributed by atoms with van der Waals surface area (Å²) >= 11 is 2.49. The molecule has 0 aliphatic heterocycles. The van der Waals surface area contributed by atoms with E-state index in [1.54, 1.807) is 19.2 Å². The van der Waals surface area contributed by atoms with E-state index >= 15 is 0 Å². The van der Waals surface area contributed by atoms with E-state index in [-0.39, 0.29) is 29.4 Å². The second-order valence-corrected chi connectivity index (χ2v) is 5.00. The number of esters is 1. The molecule has 0 unspecified atom stereocenters. The van der Waals surface area contributed by atoms with Crippen LogP contribution in [0.5, 0.6) is 5.75 Å². The third-order valence-electron chi connectivity index (χ3n) is 1.87. The molecule has 0 fully saturated rings. The molecule has 18 heavy (non-hydrogen) atoms. The van der Waals surface area contributed by atoms with Gasteiger partial charge in [0, 0.05) is 0 Å². The summed E-state index contributed by atoms with van der Waals surface area (Å²) in [5.74, 6) is -0.390. The molecule has 0 aliphatic carbocycles. The Bertz CT molecular complexity index is 526. The lowest BCUT2D eigenvalue weighted by Gasteiger charge is -2.03. The Morgan fingerprint density at radius 2 is 2.22 bits per heavy atom. The Morgan fingerprint density at radius 1 is 1.50 bits per heavy atom. The lowest BCUT2D eigenvalue weighted by atomic mass is 10.3. The van der Waals surface area contributed by atoms with Gasteiger partial charge in [-0.25, -0.2) is 4.79 Å². The minimum absolute atomic E-state index is 0.145. The first kappa shape index (κ1) is 14.4. The minimum Gasteiger partial charge on any atom is -0.476 e. The number of carbonyl (C=O) groups excluding carboxylic acids is 1. The summed E-state index contributed by atoms with van der Waals surface area (Å²) in [6.45, 7) is 1.72. The van der Waals surface area contributed by atoms with Crippen molar-refractivity contribution in [2.24, 2.45) is 0 Å². The number of thioether (sulfide) groups is 1. The van der Waals surface area contributed by atoms with Gasteiger partial charge in [-0.15, -0.1) is 23.1 Å². The van der Waals surface area contributed by atoms with Crippen LogP contribution < -0.4 is 4.74 Å². The number of hydrogen-bond acceptors (Lipinski definition) is 7. The van der Waals surface area contributed by atoms with Crippen molar-refractivity contribution < 1.29 is 14.3 Å². The van der Waals surface area contributed by atoms with Gasteiger partial charge in [-0.2, -0.15) is 10.5 Å². The van der Waals surface area contributed by atoms with Crippen LogP contribution in [0.1, 0.15) is 22.2 Å². The van der Waals surface area contributed by atoms with Crippen LogP contribution >= 0.6 is 23.1 Å². The van der Waals surface area contributed by atoms with Crippen molar-refractivity contribution in [3.63, 3.8) is 0 Å². The Labute approximate surface area is 113 Å². The van der Waals surface area contributed by atoms with Gasteiger partial charge in [0.15, 0.2) is 17.2 Å². The van der Waals surface area contributed by atoms with E-state index in [2.05, 4.69) is 0 Å². The fraction of sp³-hybridized carbons (Fsp3) is 0.364. The molecule has 1 heterocycles. The van der Waals surface area contributed by atoms with Crippen LogP contribution in [0.25, 0.3) is 0 Å². The molecule has 1 aromatic rings. The fourth-order valence-corrected chi connectivity index (χ4v) is 2.96. The van der Waals surface area contributed by atoms with E-state index in [0.717, 1.165) is 11.3 Å². The third kappa shape index (κ3) is 2.95. The van der Waals surface area contributed by atoms with Crippen LogP contribution in [-0.2, 0) is 4.74 Å². The van der Waals surface area contributed by atoms with Gasteiger partial charge in [0.25, 0.3) is 0 Å². The van der Waals surface area contributed by atoms with Crippen LogP contribution in [0.2, 0.25) is 0 Å². The van der Waals surface area contributed by atoms with Gasteiger partial charge < -0.3 is 9.47 Å². The van der Waals surface area contributed by atoms with Crippen molar-refractivity contribution in [2.75, 3.05) is 19.5 Å². The van der Waals surface area contributed by atoms with Gasteiger partial charge >= 0.3 is 5.97 Å². The highest BCUT2D eigenvalue weighted by Crippen LogP contribution is 2.40. The van der Waals surface area contributed by atoms with Gasteiger partial charge in [0.1, 0.15) is 17.7 Å². The first-order valence-corrected chi connectivity index (χ1v) is 7.01.